The highest BCUT2D eigenvalue weighted by Gasteiger charge is 2.11. The zero-order valence-electron chi connectivity index (χ0n) is 9.47. The Labute approximate surface area is 99.0 Å². The van der Waals surface area contributed by atoms with Gasteiger partial charge in [-0.05, 0) is 18.6 Å². The maximum atomic E-state index is 11.8. The average Bonchev–Trinajstić information content (AvgIpc) is 2.83. The van der Waals surface area contributed by atoms with Crippen molar-refractivity contribution >= 4 is 11.6 Å². The molecule has 0 spiro atoms. The van der Waals surface area contributed by atoms with Crippen LogP contribution in [0, 0.1) is 0 Å². The van der Waals surface area contributed by atoms with E-state index in [2.05, 4.69) is 15.5 Å². The molecule has 0 aliphatic rings. The second-order valence-electron chi connectivity index (χ2n) is 3.82. The molecule has 1 aromatic carbocycles. The van der Waals surface area contributed by atoms with Gasteiger partial charge in [0.15, 0.2) is 0 Å². The van der Waals surface area contributed by atoms with Crippen LogP contribution in [0.5, 0.6) is 0 Å². The lowest BCUT2D eigenvalue weighted by atomic mass is 10.1. The number of carbonyl (C=O) groups is 1. The number of para-hydroxylation sites is 1. The van der Waals surface area contributed by atoms with Gasteiger partial charge in [0, 0.05) is 17.9 Å². The zero-order valence-corrected chi connectivity index (χ0v) is 9.47. The van der Waals surface area contributed by atoms with Crippen molar-refractivity contribution in [3.8, 4) is 0 Å². The Balaban J connectivity index is 2.22. The molecule has 17 heavy (non-hydrogen) atoms. The predicted molar refractivity (Wildman–Crippen MR) is 65.6 cm³/mol. The Morgan fingerprint density at radius 3 is 2.88 bits per heavy atom. The number of anilines is 1. The van der Waals surface area contributed by atoms with Gasteiger partial charge in [-0.15, -0.1) is 0 Å². The van der Waals surface area contributed by atoms with Crippen LogP contribution in [0.3, 0.4) is 0 Å². The molecule has 5 nitrogen and oxygen atoms in total. The summed E-state index contributed by atoms with van der Waals surface area (Å²) in [4.78, 5) is 11.8. The molecule has 1 unspecified atom stereocenters. The van der Waals surface area contributed by atoms with E-state index in [0.29, 0.717) is 5.56 Å². The first-order chi connectivity index (χ1) is 8.18. The third kappa shape index (κ3) is 2.51. The summed E-state index contributed by atoms with van der Waals surface area (Å²) in [6.45, 7) is 1.88. The number of aromatic amines is 1. The van der Waals surface area contributed by atoms with E-state index in [1.807, 2.05) is 31.2 Å². The lowest BCUT2D eigenvalue weighted by Gasteiger charge is -2.12. The Kier molecular flexibility index (Phi) is 3.20. The number of rotatable bonds is 3. The number of nitrogens with one attached hydrogen (secondary N) is 2. The number of nitrogens with zero attached hydrogens (tertiary/aromatic N) is 1. The Morgan fingerprint density at radius 2 is 2.24 bits per heavy atom. The summed E-state index contributed by atoms with van der Waals surface area (Å²) in [5.74, 6) is -0.202. The van der Waals surface area contributed by atoms with Crippen LogP contribution in [0.4, 0.5) is 5.69 Å². The first-order valence-corrected chi connectivity index (χ1v) is 5.33. The summed E-state index contributed by atoms with van der Waals surface area (Å²) in [5.41, 5.74) is 7.97. The van der Waals surface area contributed by atoms with Gasteiger partial charge < -0.3 is 11.1 Å². The molecule has 88 valence electrons. The number of H-pyrrole nitrogens is 1. The van der Waals surface area contributed by atoms with Crippen LogP contribution in [-0.2, 0) is 0 Å². The molecule has 0 fully saturated rings. The van der Waals surface area contributed by atoms with E-state index >= 15 is 0 Å². The smallest absolute Gasteiger partial charge is 0.258 e. The second kappa shape index (κ2) is 4.80. The van der Waals surface area contributed by atoms with Gasteiger partial charge in [0.05, 0.1) is 11.8 Å². The number of hydrogen-bond donors (Lipinski definition) is 3. The van der Waals surface area contributed by atoms with Crippen LogP contribution in [0.25, 0.3) is 0 Å². The fraction of sp³-hybridized carbons (Fsp3) is 0.167. The minimum Gasteiger partial charge on any atom is -0.324 e. The van der Waals surface area contributed by atoms with Gasteiger partial charge >= 0.3 is 0 Å². The van der Waals surface area contributed by atoms with Crippen molar-refractivity contribution in [2.75, 3.05) is 5.32 Å². The molecule has 1 aromatic heterocycles. The highest BCUT2D eigenvalue weighted by molar-refractivity contribution is 6.04. The maximum absolute atomic E-state index is 11.8. The van der Waals surface area contributed by atoms with E-state index in [9.17, 15) is 4.79 Å². The molecule has 1 amide bonds. The monoisotopic (exact) mass is 230 g/mol. The quantitative estimate of drug-likeness (QED) is 0.750. The van der Waals surface area contributed by atoms with Gasteiger partial charge in [-0.3, -0.25) is 9.89 Å². The molecular weight excluding hydrogens is 216 g/mol. The van der Waals surface area contributed by atoms with E-state index in [1.54, 1.807) is 6.20 Å². The van der Waals surface area contributed by atoms with E-state index in [4.69, 9.17) is 5.73 Å². The highest BCUT2D eigenvalue weighted by Crippen LogP contribution is 2.21. The maximum Gasteiger partial charge on any atom is 0.258 e. The number of amides is 1. The predicted octanol–water partition coefficient (Wildman–Crippen LogP) is 1.68. The SMILES string of the molecule is CC(N)c1ccccc1NC(=O)c1cn[nH]c1. The normalized spacial score (nSPS) is 12.1. The molecule has 0 saturated heterocycles. The number of aromatic nitrogens is 2. The number of hydrogen-bond acceptors (Lipinski definition) is 3. The van der Waals surface area contributed by atoms with Crippen molar-refractivity contribution in [2.45, 2.75) is 13.0 Å². The van der Waals surface area contributed by atoms with Gasteiger partial charge in [-0.25, -0.2) is 0 Å². The molecule has 0 saturated carbocycles. The van der Waals surface area contributed by atoms with Crippen LogP contribution >= 0.6 is 0 Å². The Morgan fingerprint density at radius 1 is 1.47 bits per heavy atom. The second-order valence-corrected chi connectivity index (χ2v) is 3.82. The molecule has 0 radical (unpaired) electrons. The van der Waals surface area contributed by atoms with E-state index in [0.717, 1.165) is 11.3 Å². The minimum atomic E-state index is -0.202. The van der Waals surface area contributed by atoms with Crippen LogP contribution in [0.2, 0.25) is 0 Å². The fourth-order valence-electron chi connectivity index (χ4n) is 1.58. The van der Waals surface area contributed by atoms with Gasteiger partial charge in [-0.1, -0.05) is 18.2 Å². The summed E-state index contributed by atoms with van der Waals surface area (Å²) in [7, 11) is 0. The molecular formula is C12H14N4O. The standard InChI is InChI=1S/C12H14N4O/c1-8(13)10-4-2-3-5-11(10)16-12(17)9-6-14-15-7-9/h2-8H,13H2,1H3,(H,14,15)(H,16,17). The third-order valence-corrected chi connectivity index (χ3v) is 2.46. The topological polar surface area (TPSA) is 83.8 Å². The van der Waals surface area contributed by atoms with Gasteiger partial charge in [0.2, 0.25) is 0 Å². The first-order valence-electron chi connectivity index (χ1n) is 5.33. The van der Waals surface area contributed by atoms with Crippen LogP contribution < -0.4 is 11.1 Å². The lowest BCUT2D eigenvalue weighted by molar-refractivity contribution is 0.102. The molecule has 5 heteroatoms. The van der Waals surface area contributed by atoms with E-state index in [-0.39, 0.29) is 11.9 Å². The fourth-order valence-corrected chi connectivity index (χ4v) is 1.58. The van der Waals surface area contributed by atoms with Crippen molar-refractivity contribution in [3.05, 3.63) is 47.8 Å². The summed E-state index contributed by atoms with van der Waals surface area (Å²) in [6.07, 6.45) is 3.02. The summed E-state index contributed by atoms with van der Waals surface area (Å²) in [6, 6.07) is 7.35. The number of benzene rings is 1. The molecule has 2 rings (SSSR count). The summed E-state index contributed by atoms with van der Waals surface area (Å²) in [5, 5.41) is 9.15. The molecule has 0 bridgehead atoms. The summed E-state index contributed by atoms with van der Waals surface area (Å²) < 4.78 is 0. The van der Waals surface area contributed by atoms with Gasteiger partial charge in [0.1, 0.15) is 0 Å². The van der Waals surface area contributed by atoms with E-state index < -0.39 is 0 Å². The molecule has 1 atom stereocenters. The third-order valence-electron chi connectivity index (χ3n) is 2.46. The van der Waals surface area contributed by atoms with E-state index in [1.165, 1.54) is 6.20 Å². The molecule has 4 N–H and O–H groups in total. The van der Waals surface area contributed by atoms with Crippen molar-refractivity contribution in [3.63, 3.8) is 0 Å². The van der Waals surface area contributed by atoms with Crippen molar-refractivity contribution in [1.82, 2.24) is 10.2 Å². The Bertz CT molecular complexity index is 505. The number of nitrogens with two attached hydrogens (primary N) is 1. The summed E-state index contributed by atoms with van der Waals surface area (Å²) >= 11 is 0. The van der Waals surface area contributed by atoms with Gasteiger partial charge in [0.25, 0.3) is 5.91 Å². The van der Waals surface area contributed by atoms with Crippen LogP contribution in [-0.4, -0.2) is 16.1 Å². The van der Waals surface area contributed by atoms with Crippen molar-refractivity contribution in [2.24, 2.45) is 5.73 Å². The van der Waals surface area contributed by atoms with Crippen LogP contribution in [0.15, 0.2) is 36.7 Å². The average molecular weight is 230 g/mol. The molecule has 2 aromatic rings. The molecule has 0 aliphatic heterocycles. The van der Waals surface area contributed by atoms with Gasteiger partial charge in [-0.2, -0.15) is 5.10 Å². The van der Waals surface area contributed by atoms with Crippen molar-refractivity contribution < 1.29 is 4.79 Å². The number of carbonyl (C=O) groups excluding carboxylic acids is 1. The Hall–Kier alpha value is -2.14. The van der Waals surface area contributed by atoms with Crippen LogP contribution in [0.1, 0.15) is 28.9 Å². The first kappa shape index (κ1) is 11.3. The lowest BCUT2D eigenvalue weighted by Crippen LogP contribution is -2.15. The van der Waals surface area contributed by atoms with Crippen molar-refractivity contribution in [1.29, 1.82) is 0 Å². The molecule has 1 heterocycles. The highest BCUT2D eigenvalue weighted by atomic mass is 16.1. The largest absolute Gasteiger partial charge is 0.324 e. The molecule has 0 aliphatic carbocycles. The minimum absolute atomic E-state index is 0.129. The zero-order chi connectivity index (χ0) is 12.3.